The minimum atomic E-state index is 0.303. The molecule has 1 aromatic carbocycles. The molecule has 0 amide bonds. The van der Waals surface area contributed by atoms with Gasteiger partial charge in [-0.2, -0.15) is 15.3 Å². The van der Waals surface area contributed by atoms with E-state index in [9.17, 15) is 0 Å². The first kappa shape index (κ1) is 22.4. The van der Waals surface area contributed by atoms with Gasteiger partial charge in [0.05, 0.1) is 17.3 Å². The Labute approximate surface area is 210 Å². The number of anilines is 3. The van der Waals surface area contributed by atoms with Gasteiger partial charge in [-0.05, 0) is 56.9 Å². The van der Waals surface area contributed by atoms with Gasteiger partial charge in [-0.3, -0.25) is 15.0 Å². The summed E-state index contributed by atoms with van der Waals surface area (Å²) in [7, 11) is 0. The van der Waals surface area contributed by atoms with E-state index in [1.54, 1.807) is 6.20 Å². The van der Waals surface area contributed by atoms with Crippen molar-refractivity contribution in [1.82, 2.24) is 30.0 Å². The molecule has 2 fully saturated rings. The zero-order valence-corrected chi connectivity index (χ0v) is 20.3. The molecule has 2 saturated heterocycles. The first-order valence-corrected chi connectivity index (χ1v) is 12.6. The largest absolute Gasteiger partial charge is 0.351 e. The van der Waals surface area contributed by atoms with Crippen LogP contribution in [0.5, 0.6) is 0 Å². The molecule has 0 radical (unpaired) electrons. The first-order valence-electron chi connectivity index (χ1n) is 12.6. The van der Waals surface area contributed by atoms with E-state index in [4.69, 9.17) is 15.2 Å². The molecule has 2 atom stereocenters. The average molecular weight is 480 g/mol. The zero-order chi connectivity index (χ0) is 24.5. The fraction of sp³-hybridized carbons (Fsp3) is 0.370. The highest BCUT2D eigenvalue weighted by Crippen LogP contribution is 2.37. The highest BCUT2D eigenvalue weighted by molar-refractivity contribution is 5.94. The zero-order valence-electron chi connectivity index (χ0n) is 20.3. The molecule has 9 nitrogen and oxygen atoms in total. The number of rotatable bonds is 7. The van der Waals surface area contributed by atoms with Gasteiger partial charge in [0.1, 0.15) is 5.82 Å². The number of hydrogen-bond donors (Lipinski definition) is 3. The van der Waals surface area contributed by atoms with E-state index in [0.717, 1.165) is 58.9 Å². The van der Waals surface area contributed by atoms with Crippen molar-refractivity contribution in [2.45, 2.75) is 57.2 Å². The molecule has 5 heterocycles. The van der Waals surface area contributed by atoms with E-state index >= 15 is 0 Å². The predicted octanol–water partition coefficient (Wildman–Crippen LogP) is 4.79. The molecule has 3 aromatic heterocycles. The van der Waals surface area contributed by atoms with Gasteiger partial charge in [-0.15, -0.1) is 0 Å². The third kappa shape index (κ3) is 4.48. The van der Waals surface area contributed by atoms with Crippen molar-refractivity contribution in [2.75, 3.05) is 17.2 Å². The molecule has 36 heavy (non-hydrogen) atoms. The van der Waals surface area contributed by atoms with E-state index in [-0.39, 0.29) is 0 Å². The minimum Gasteiger partial charge on any atom is -0.351 e. The molecule has 3 N–H and O–H groups in total. The summed E-state index contributed by atoms with van der Waals surface area (Å²) < 4.78 is 0. The van der Waals surface area contributed by atoms with E-state index in [0.29, 0.717) is 30.5 Å². The third-order valence-electron chi connectivity index (χ3n) is 7.31. The summed E-state index contributed by atoms with van der Waals surface area (Å²) in [4.78, 5) is 16.8. The smallest absolute Gasteiger partial charge is 0.225 e. The van der Waals surface area contributed by atoms with Gasteiger partial charge in [-0.25, -0.2) is 4.98 Å². The topological polar surface area (TPSA) is 118 Å². The van der Waals surface area contributed by atoms with Crippen molar-refractivity contribution in [3.8, 4) is 17.3 Å². The fourth-order valence-corrected chi connectivity index (χ4v) is 5.70. The minimum absolute atomic E-state index is 0.303. The first-order chi connectivity index (χ1) is 17.7. The lowest BCUT2D eigenvalue weighted by Crippen LogP contribution is -2.47. The summed E-state index contributed by atoms with van der Waals surface area (Å²) in [5.74, 6) is 2.05. The summed E-state index contributed by atoms with van der Waals surface area (Å²) in [6, 6.07) is 17.7. The van der Waals surface area contributed by atoms with Crippen LogP contribution in [0.1, 0.15) is 37.8 Å². The molecule has 182 valence electrons. The van der Waals surface area contributed by atoms with Crippen molar-refractivity contribution >= 4 is 28.5 Å². The van der Waals surface area contributed by atoms with Crippen LogP contribution in [0.15, 0.2) is 48.7 Å². The van der Waals surface area contributed by atoms with E-state index in [1.165, 1.54) is 12.8 Å². The summed E-state index contributed by atoms with van der Waals surface area (Å²) in [6.07, 6.45) is 6.88. The number of nitrogens with one attached hydrogen (secondary N) is 3. The van der Waals surface area contributed by atoms with Crippen LogP contribution in [0, 0.1) is 18.3 Å². The molecular weight excluding hydrogens is 450 g/mol. The molecule has 0 aliphatic carbocycles. The van der Waals surface area contributed by atoms with Crippen molar-refractivity contribution in [1.29, 1.82) is 5.26 Å². The number of aromatic amines is 1. The number of piperidine rings is 1. The Kier molecular flexibility index (Phi) is 5.95. The molecule has 0 spiro atoms. The standard InChI is InChI=1S/C27H29N9/c1-17-13-25(35-34-17)32-26-22-9-6-18(23-5-2-3-11-29-23)14-24(22)31-27(33-26)30-19-15-20-7-8-21(16-19)36(20)12-4-10-28/h2-3,5-6,9,11,13-14,19-21H,4,7-8,12,15-16H2,1H3,(H3,30,31,32,33,34,35). The Hall–Kier alpha value is -4.03. The number of H-pyrrole nitrogens is 1. The molecule has 2 aliphatic rings. The Morgan fingerprint density at radius 2 is 1.97 bits per heavy atom. The number of pyridine rings is 1. The Morgan fingerprint density at radius 1 is 1.11 bits per heavy atom. The van der Waals surface area contributed by atoms with Crippen LogP contribution in [0.4, 0.5) is 17.6 Å². The molecule has 4 aromatic rings. The average Bonchev–Trinajstić information content (AvgIpc) is 3.41. The van der Waals surface area contributed by atoms with Gasteiger partial charge in [-0.1, -0.05) is 12.1 Å². The van der Waals surface area contributed by atoms with Crippen molar-refractivity contribution < 1.29 is 0 Å². The van der Waals surface area contributed by atoms with Crippen molar-refractivity contribution in [3.63, 3.8) is 0 Å². The summed E-state index contributed by atoms with van der Waals surface area (Å²) >= 11 is 0. The number of aryl methyl sites for hydroxylation is 1. The maximum absolute atomic E-state index is 9.03. The predicted molar refractivity (Wildman–Crippen MR) is 140 cm³/mol. The molecule has 2 aliphatic heterocycles. The van der Waals surface area contributed by atoms with Crippen molar-refractivity contribution in [2.24, 2.45) is 0 Å². The maximum Gasteiger partial charge on any atom is 0.225 e. The Balaban J connectivity index is 1.31. The molecular formula is C27H29N9. The van der Waals surface area contributed by atoms with E-state index in [2.05, 4.69) is 48.9 Å². The van der Waals surface area contributed by atoms with Crippen LogP contribution in [0.3, 0.4) is 0 Å². The molecule has 0 saturated carbocycles. The van der Waals surface area contributed by atoms with Gasteiger partial charge in [0.2, 0.25) is 5.95 Å². The second-order valence-corrected chi connectivity index (χ2v) is 9.75. The molecule has 2 bridgehead atoms. The van der Waals surface area contributed by atoms with Crippen LogP contribution >= 0.6 is 0 Å². The third-order valence-corrected chi connectivity index (χ3v) is 7.31. The lowest BCUT2D eigenvalue weighted by Gasteiger charge is -2.38. The SMILES string of the molecule is Cc1cc(Nc2nc(NC3CC4CCC(C3)N4CCC#N)nc3cc(-c4ccccn4)ccc23)n[nH]1. The number of nitriles is 1. The number of aromatic nitrogens is 5. The lowest BCUT2D eigenvalue weighted by atomic mass is 9.97. The number of fused-ring (bicyclic) bond motifs is 3. The van der Waals surface area contributed by atoms with Crippen molar-refractivity contribution in [3.05, 3.63) is 54.4 Å². The van der Waals surface area contributed by atoms with Gasteiger partial charge in [0.15, 0.2) is 5.82 Å². The fourth-order valence-electron chi connectivity index (χ4n) is 5.70. The summed E-state index contributed by atoms with van der Waals surface area (Å²) in [5.41, 5.74) is 3.74. The maximum atomic E-state index is 9.03. The Morgan fingerprint density at radius 3 is 2.69 bits per heavy atom. The second kappa shape index (κ2) is 9.55. The summed E-state index contributed by atoms with van der Waals surface area (Å²) in [6.45, 7) is 2.85. The molecule has 6 rings (SSSR count). The van der Waals surface area contributed by atoms with Gasteiger partial charge in [0.25, 0.3) is 0 Å². The van der Waals surface area contributed by atoms with Gasteiger partial charge in [0, 0.05) is 60.0 Å². The lowest BCUT2D eigenvalue weighted by molar-refractivity contribution is 0.135. The second-order valence-electron chi connectivity index (χ2n) is 9.75. The summed E-state index contributed by atoms with van der Waals surface area (Å²) in [5, 5.41) is 24.3. The number of hydrogen-bond acceptors (Lipinski definition) is 8. The van der Waals surface area contributed by atoms with Crippen LogP contribution in [-0.4, -0.2) is 54.7 Å². The highest BCUT2D eigenvalue weighted by atomic mass is 15.3. The quantitative estimate of drug-likeness (QED) is 0.346. The molecule has 9 heteroatoms. The van der Waals surface area contributed by atoms with Crippen LogP contribution in [0.2, 0.25) is 0 Å². The monoisotopic (exact) mass is 479 g/mol. The van der Waals surface area contributed by atoms with Crippen LogP contribution in [0.25, 0.3) is 22.2 Å². The number of nitrogens with zero attached hydrogens (tertiary/aromatic N) is 6. The number of benzene rings is 1. The Bertz CT molecular complexity index is 1390. The van der Waals surface area contributed by atoms with Gasteiger partial charge >= 0.3 is 0 Å². The normalized spacial score (nSPS) is 21.4. The van der Waals surface area contributed by atoms with E-state index < -0.39 is 0 Å². The van der Waals surface area contributed by atoms with Crippen LogP contribution < -0.4 is 10.6 Å². The highest BCUT2D eigenvalue weighted by Gasteiger charge is 2.40. The van der Waals surface area contributed by atoms with E-state index in [1.807, 2.05) is 37.3 Å². The van der Waals surface area contributed by atoms with Gasteiger partial charge < -0.3 is 10.6 Å². The molecule has 2 unspecified atom stereocenters. The van der Waals surface area contributed by atoms with Crippen LogP contribution in [-0.2, 0) is 0 Å².